The van der Waals surface area contributed by atoms with Crippen molar-refractivity contribution in [3.63, 3.8) is 0 Å². The summed E-state index contributed by atoms with van der Waals surface area (Å²) in [7, 11) is 0. The Kier molecular flexibility index (Phi) is 4.98. The zero-order chi connectivity index (χ0) is 16.3. The average molecular weight is 300 g/mol. The number of carbonyl (C=O) groups is 1. The Hall–Kier alpha value is -2.14. The molecule has 5 nitrogen and oxygen atoms in total. The fraction of sp³-hybridized carbons (Fsp3) is 0.412. The minimum atomic E-state index is -0.519. The third-order valence-corrected chi connectivity index (χ3v) is 3.98. The molecule has 1 aromatic carbocycles. The van der Waals surface area contributed by atoms with Gasteiger partial charge in [-0.25, -0.2) is 4.68 Å². The molecule has 2 unspecified atom stereocenters. The summed E-state index contributed by atoms with van der Waals surface area (Å²) in [6.45, 7) is 7.99. The van der Waals surface area contributed by atoms with Gasteiger partial charge in [-0.1, -0.05) is 38.0 Å². The Morgan fingerprint density at radius 2 is 1.95 bits per heavy atom. The number of anilines is 1. The molecule has 3 N–H and O–H groups in total. The molecule has 1 heterocycles. The topological polar surface area (TPSA) is 72.9 Å². The largest absolute Gasteiger partial charge is 0.320 e. The molecule has 2 rings (SSSR count). The highest BCUT2D eigenvalue weighted by molar-refractivity contribution is 5.94. The van der Waals surface area contributed by atoms with Gasteiger partial charge in [0, 0.05) is 11.8 Å². The highest BCUT2D eigenvalue weighted by Gasteiger charge is 2.20. The van der Waals surface area contributed by atoms with Gasteiger partial charge in [0.2, 0.25) is 5.91 Å². The number of nitrogens with two attached hydrogens (primary N) is 1. The van der Waals surface area contributed by atoms with E-state index in [1.165, 1.54) is 5.56 Å². The number of hydrogen-bond donors (Lipinski definition) is 2. The quantitative estimate of drug-likeness (QED) is 0.891. The van der Waals surface area contributed by atoms with Crippen molar-refractivity contribution in [3.8, 4) is 5.69 Å². The van der Waals surface area contributed by atoms with E-state index in [1.54, 1.807) is 0 Å². The molecule has 2 atom stereocenters. The van der Waals surface area contributed by atoms with E-state index in [0.717, 1.165) is 17.8 Å². The number of nitrogens with one attached hydrogen (secondary N) is 1. The van der Waals surface area contributed by atoms with E-state index < -0.39 is 6.04 Å². The van der Waals surface area contributed by atoms with Crippen LogP contribution in [0.5, 0.6) is 0 Å². The highest BCUT2D eigenvalue weighted by atomic mass is 16.2. The smallest absolute Gasteiger partial charge is 0.242 e. The molecule has 22 heavy (non-hydrogen) atoms. The lowest BCUT2D eigenvalue weighted by atomic mass is 9.99. The summed E-state index contributed by atoms with van der Waals surface area (Å²) in [5, 5.41) is 7.25. The van der Waals surface area contributed by atoms with Crippen LogP contribution in [0, 0.1) is 19.8 Å². The van der Waals surface area contributed by atoms with Crippen LogP contribution in [0.4, 0.5) is 5.82 Å². The first-order valence-corrected chi connectivity index (χ1v) is 7.62. The number of rotatable bonds is 5. The summed E-state index contributed by atoms with van der Waals surface area (Å²) in [4.78, 5) is 12.1. The van der Waals surface area contributed by atoms with Crippen molar-refractivity contribution in [1.82, 2.24) is 9.78 Å². The zero-order valence-electron chi connectivity index (χ0n) is 13.6. The highest BCUT2D eigenvalue weighted by Crippen LogP contribution is 2.16. The summed E-state index contributed by atoms with van der Waals surface area (Å²) in [6, 6.07) is 9.41. The number of aryl methyl sites for hydroxylation is 2. The molecule has 0 radical (unpaired) electrons. The van der Waals surface area contributed by atoms with Gasteiger partial charge >= 0.3 is 0 Å². The molecule has 118 valence electrons. The standard InChI is InChI=1S/C17H24N4O/c1-5-12(3)16(18)17(22)19-15-10-13(4)21(20-15)14-8-6-11(2)7-9-14/h6-10,12,16H,5,18H2,1-4H3,(H,19,20,22). The molecule has 0 saturated heterocycles. The van der Waals surface area contributed by atoms with Crippen molar-refractivity contribution in [2.45, 2.75) is 40.2 Å². The van der Waals surface area contributed by atoms with E-state index in [4.69, 9.17) is 5.73 Å². The number of benzene rings is 1. The van der Waals surface area contributed by atoms with Gasteiger partial charge in [-0.2, -0.15) is 0 Å². The molecule has 0 aliphatic rings. The summed E-state index contributed by atoms with van der Waals surface area (Å²) in [5.74, 6) is 0.477. The van der Waals surface area contributed by atoms with Gasteiger partial charge in [0.1, 0.15) is 0 Å². The van der Waals surface area contributed by atoms with Crippen LogP contribution in [0.1, 0.15) is 31.5 Å². The van der Waals surface area contributed by atoms with E-state index >= 15 is 0 Å². The molecule has 1 aromatic heterocycles. The molecule has 0 aliphatic carbocycles. The van der Waals surface area contributed by atoms with Gasteiger partial charge in [0.25, 0.3) is 0 Å². The number of hydrogen-bond acceptors (Lipinski definition) is 3. The maximum atomic E-state index is 12.1. The van der Waals surface area contributed by atoms with Gasteiger partial charge in [0.05, 0.1) is 11.7 Å². The summed E-state index contributed by atoms with van der Waals surface area (Å²) >= 11 is 0. The van der Waals surface area contributed by atoms with Crippen LogP contribution in [0.15, 0.2) is 30.3 Å². The van der Waals surface area contributed by atoms with Crippen molar-refractivity contribution in [2.75, 3.05) is 5.32 Å². The minimum Gasteiger partial charge on any atom is -0.320 e. The second-order valence-corrected chi connectivity index (χ2v) is 5.82. The second kappa shape index (κ2) is 6.75. The molecule has 2 aromatic rings. The average Bonchev–Trinajstić information content (AvgIpc) is 2.86. The van der Waals surface area contributed by atoms with Crippen molar-refractivity contribution >= 4 is 11.7 Å². The number of aromatic nitrogens is 2. The molecule has 0 fully saturated rings. The fourth-order valence-electron chi connectivity index (χ4n) is 2.20. The Morgan fingerprint density at radius 3 is 2.55 bits per heavy atom. The van der Waals surface area contributed by atoms with Crippen LogP contribution in [0.3, 0.4) is 0 Å². The number of carbonyl (C=O) groups excluding carboxylic acids is 1. The van der Waals surface area contributed by atoms with Gasteiger partial charge in [0.15, 0.2) is 5.82 Å². The lowest BCUT2D eigenvalue weighted by Crippen LogP contribution is -2.40. The van der Waals surface area contributed by atoms with Gasteiger partial charge in [-0.3, -0.25) is 4.79 Å². The predicted octanol–water partition coefficient (Wildman–Crippen LogP) is 2.80. The maximum absolute atomic E-state index is 12.1. The monoisotopic (exact) mass is 300 g/mol. The summed E-state index contributed by atoms with van der Waals surface area (Å²) in [6.07, 6.45) is 0.866. The Morgan fingerprint density at radius 1 is 1.32 bits per heavy atom. The number of nitrogens with zero attached hydrogens (tertiary/aromatic N) is 2. The predicted molar refractivity (Wildman–Crippen MR) is 89.1 cm³/mol. The third kappa shape index (κ3) is 3.54. The second-order valence-electron chi connectivity index (χ2n) is 5.82. The van der Waals surface area contributed by atoms with E-state index in [2.05, 4.69) is 10.4 Å². The molecule has 0 saturated carbocycles. The molecule has 0 spiro atoms. The molecule has 5 heteroatoms. The van der Waals surface area contributed by atoms with E-state index in [1.807, 2.05) is 62.7 Å². The SMILES string of the molecule is CCC(C)C(N)C(=O)Nc1cc(C)n(-c2ccc(C)cc2)n1. The van der Waals surface area contributed by atoms with Crippen LogP contribution in [-0.4, -0.2) is 21.7 Å². The van der Waals surface area contributed by atoms with Crippen molar-refractivity contribution < 1.29 is 4.79 Å². The van der Waals surface area contributed by atoms with Crippen LogP contribution >= 0.6 is 0 Å². The first-order chi connectivity index (χ1) is 10.4. The lowest BCUT2D eigenvalue weighted by molar-refractivity contribution is -0.118. The Labute approximate surface area is 131 Å². The van der Waals surface area contributed by atoms with Crippen LogP contribution in [0.25, 0.3) is 5.69 Å². The van der Waals surface area contributed by atoms with Gasteiger partial charge in [-0.15, -0.1) is 5.10 Å². The van der Waals surface area contributed by atoms with E-state index in [0.29, 0.717) is 5.82 Å². The van der Waals surface area contributed by atoms with E-state index in [9.17, 15) is 4.79 Å². The zero-order valence-corrected chi connectivity index (χ0v) is 13.6. The Bertz CT molecular complexity index is 645. The number of amides is 1. The van der Waals surface area contributed by atoms with Gasteiger partial charge < -0.3 is 11.1 Å². The molecular formula is C17H24N4O. The van der Waals surface area contributed by atoms with E-state index in [-0.39, 0.29) is 11.8 Å². The Balaban J connectivity index is 2.16. The van der Waals surface area contributed by atoms with Crippen LogP contribution < -0.4 is 11.1 Å². The van der Waals surface area contributed by atoms with Gasteiger partial charge in [-0.05, 0) is 31.9 Å². The molecule has 0 aliphatic heterocycles. The first kappa shape index (κ1) is 16.2. The van der Waals surface area contributed by atoms with Crippen LogP contribution in [-0.2, 0) is 4.79 Å². The normalized spacial score (nSPS) is 13.7. The molecule has 0 bridgehead atoms. The fourth-order valence-corrected chi connectivity index (χ4v) is 2.20. The molecule has 1 amide bonds. The lowest BCUT2D eigenvalue weighted by Gasteiger charge is -2.16. The van der Waals surface area contributed by atoms with Crippen molar-refractivity contribution in [3.05, 3.63) is 41.6 Å². The summed E-state index contributed by atoms with van der Waals surface area (Å²) in [5.41, 5.74) is 9.06. The van der Waals surface area contributed by atoms with Crippen LogP contribution in [0.2, 0.25) is 0 Å². The maximum Gasteiger partial charge on any atom is 0.242 e. The van der Waals surface area contributed by atoms with Crippen molar-refractivity contribution in [2.24, 2.45) is 11.7 Å². The first-order valence-electron chi connectivity index (χ1n) is 7.62. The minimum absolute atomic E-state index is 0.139. The van der Waals surface area contributed by atoms with Crippen molar-refractivity contribution in [1.29, 1.82) is 0 Å². The summed E-state index contributed by atoms with van der Waals surface area (Å²) < 4.78 is 1.81. The third-order valence-electron chi connectivity index (χ3n) is 3.98. The molecular weight excluding hydrogens is 276 g/mol.